The molecule has 0 saturated heterocycles. The molecule has 2 nitrogen and oxygen atoms in total. The van der Waals surface area contributed by atoms with E-state index < -0.39 is 33.1 Å². The molecule has 0 N–H and O–H groups in total. The van der Waals surface area contributed by atoms with E-state index in [-0.39, 0.29) is 4.90 Å². The third-order valence-corrected chi connectivity index (χ3v) is 9.50. The van der Waals surface area contributed by atoms with Crippen LogP contribution in [0.15, 0.2) is 135 Å². The van der Waals surface area contributed by atoms with Gasteiger partial charge in [0.15, 0.2) is 11.1 Å². The Labute approximate surface area is 188 Å². The van der Waals surface area contributed by atoms with Crippen molar-refractivity contribution >= 4 is 21.4 Å². The van der Waals surface area contributed by atoms with E-state index in [1.807, 2.05) is 91.0 Å². The Hall–Kier alpha value is -2.87. The highest BCUT2D eigenvalue weighted by Gasteiger charge is 2.36. The number of benzene rings is 4. The monoisotopic (exact) mass is 472 g/mol. The van der Waals surface area contributed by atoms with E-state index in [2.05, 4.69) is 0 Å². The standard InChI is InChI=1S/C25H19F3O2S2/c26-25(27,28)20-11-10-12-21(19-20)31(29)30-32(22-13-4-1-5-14-22,23-15-6-2-7-16-23)24-17-8-3-9-18-24/h1-19H. The highest BCUT2D eigenvalue weighted by molar-refractivity contribution is 8.32. The molecule has 4 rings (SSSR count). The van der Waals surface area contributed by atoms with Crippen molar-refractivity contribution in [3.8, 4) is 0 Å². The van der Waals surface area contributed by atoms with Gasteiger partial charge in [0, 0.05) is 14.7 Å². The molecule has 1 atom stereocenters. The number of halogens is 3. The van der Waals surface area contributed by atoms with Gasteiger partial charge in [-0.1, -0.05) is 60.7 Å². The van der Waals surface area contributed by atoms with E-state index in [0.29, 0.717) is 0 Å². The van der Waals surface area contributed by atoms with Gasteiger partial charge in [-0.25, -0.2) is 7.84 Å². The first-order chi connectivity index (χ1) is 15.4. The Morgan fingerprint density at radius 2 is 1.06 bits per heavy atom. The van der Waals surface area contributed by atoms with Crippen LogP contribution in [-0.4, -0.2) is 4.21 Å². The lowest BCUT2D eigenvalue weighted by atomic mass is 10.2. The Balaban J connectivity index is 1.90. The average Bonchev–Trinajstić information content (AvgIpc) is 2.83. The van der Waals surface area contributed by atoms with Gasteiger partial charge in [0.2, 0.25) is 0 Å². The molecule has 0 aromatic heterocycles. The summed E-state index contributed by atoms with van der Waals surface area (Å²) in [7, 11) is -2.51. The second kappa shape index (κ2) is 9.32. The average molecular weight is 473 g/mol. The van der Waals surface area contributed by atoms with Gasteiger partial charge < -0.3 is 0 Å². The maximum absolute atomic E-state index is 13.4. The summed E-state index contributed by atoms with van der Waals surface area (Å²) < 4.78 is 59.4. The van der Waals surface area contributed by atoms with Gasteiger partial charge in [0.25, 0.3) is 0 Å². The second-order valence-electron chi connectivity index (χ2n) is 6.82. The van der Waals surface area contributed by atoms with Crippen molar-refractivity contribution in [2.45, 2.75) is 25.8 Å². The molecule has 0 fully saturated rings. The molecule has 1 unspecified atom stereocenters. The van der Waals surface area contributed by atoms with Gasteiger partial charge in [-0.15, -0.1) is 0 Å². The van der Waals surface area contributed by atoms with Gasteiger partial charge in [-0.05, 0) is 64.9 Å². The van der Waals surface area contributed by atoms with Gasteiger partial charge in [0.1, 0.15) is 0 Å². The SMILES string of the molecule is O=S(OS(c1ccccc1)(c1ccccc1)c1ccccc1)c1cccc(C(F)(F)F)c1. The number of hydrogen-bond acceptors (Lipinski definition) is 2. The van der Waals surface area contributed by atoms with E-state index in [9.17, 15) is 17.4 Å². The molecular formula is C25H19F3O2S2. The molecule has 0 aliphatic rings. The van der Waals surface area contributed by atoms with Crippen LogP contribution in [-0.2, 0) is 20.9 Å². The first kappa shape index (κ1) is 22.3. The van der Waals surface area contributed by atoms with Crippen LogP contribution in [0, 0.1) is 0 Å². The van der Waals surface area contributed by atoms with Crippen LogP contribution < -0.4 is 0 Å². The van der Waals surface area contributed by atoms with Crippen LogP contribution in [0.5, 0.6) is 0 Å². The highest BCUT2D eigenvalue weighted by Crippen LogP contribution is 2.69. The molecule has 0 aliphatic heterocycles. The summed E-state index contributed by atoms with van der Waals surface area (Å²) in [5, 5.41) is 0. The first-order valence-electron chi connectivity index (χ1n) is 9.69. The summed E-state index contributed by atoms with van der Waals surface area (Å²) in [6.45, 7) is 0. The second-order valence-corrected chi connectivity index (χ2v) is 10.8. The van der Waals surface area contributed by atoms with E-state index in [1.54, 1.807) is 0 Å². The maximum Gasteiger partial charge on any atom is 0.416 e. The summed E-state index contributed by atoms with van der Waals surface area (Å²) in [5.41, 5.74) is -0.869. The van der Waals surface area contributed by atoms with Crippen LogP contribution in [0.3, 0.4) is 0 Å². The van der Waals surface area contributed by atoms with E-state index >= 15 is 0 Å². The minimum absolute atomic E-state index is 0.0421. The molecule has 4 aromatic rings. The fourth-order valence-corrected chi connectivity index (χ4v) is 8.12. The molecule has 7 heteroatoms. The van der Waals surface area contributed by atoms with Crippen molar-refractivity contribution < 1.29 is 21.0 Å². The lowest BCUT2D eigenvalue weighted by molar-refractivity contribution is -0.137. The number of alkyl halides is 3. The Bertz CT molecular complexity index is 1100. The quantitative estimate of drug-likeness (QED) is 0.288. The summed E-state index contributed by atoms with van der Waals surface area (Å²) in [6.07, 6.45) is -4.54. The van der Waals surface area contributed by atoms with Crippen molar-refractivity contribution in [2.75, 3.05) is 0 Å². The fraction of sp³-hybridized carbons (Fsp3) is 0.0400. The lowest BCUT2D eigenvalue weighted by Crippen LogP contribution is -2.11. The van der Waals surface area contributed by atoms with Crippen LogP contribution in [0.25, 0.3) is 0 Å². The zero-order valence-electron chi connectivity index (χ0n) is 16.7. The predicted molar refractivity (Wildman–Crippen MR) is 121 cm³/mol. The summed E-state index contributed by atoms with van der Waals surface area (Å²) in [6, 6.07) is 32.5. The molecule has 0 bridgehead atoms. The fourth-order valence-electron chi connectivity index (χ4n) is 3.27. The van der Waals surface area contributed by atoms with Gasteiger partial charge in [-0.3, -0.25) is 0 Å². The molecule has 0 amide bonds. The number of rotatable bonds is 6. The Morgan fingerprint density at radius 3 is 1.47 bits per heavy atom. The third-order valence-electron chi connectivity index (χ3n) is 4.74. The Morgan fingerprint density at radius 1 is 0.625 bits per heavy atom. The van der Waals surface area contributed by atoms with Crippen molar-refractivity contribution in [1.82, 2.24) is 0 Å². The molecule has 0 heterocycles. The van der Waals surface area contributed by atoms with Crippen molar-refractivity contribution in [3.63, 3.8) is 0 Å². The molecule has 32 heavy (non-hydrogen) atoms. The maximum atomic E-state index is 13.4. The molecule has 0 aliphatic carbocycles. The highest BCUT2D eigenvalue weighted by atomic mass is 32.3. The number of hydrogen-bond donors (Lipinski definition) is 0. The van der Waals surface area contributed by atoms with Crippen LogP contribution >= 0.6 is 10.3 Å². The molecule has 164 valence electrons. The van der Waals surface area contributed by atoms with Crippen LogP contribution in [0.4, 0.5) is 13.2 Å². The zero-order valence-corrected chi connectivity index (χ0v) is 18.4. The topological polar surface area (TPSA) is 26.3 Å². The van der Waals surface area contributed by atoms with E-state index in [0.717, 1.165) is 26.8 Å². The van der Waals surface area contributed by atoms with Crippen molar-refractivity contribution in [1.29, 1.82) is 0 Å². The zero-order chi connectivity index (χ0) is 22.6. The minimum Gasteiger partial charge on any atom is -0.223 e. The third kappa shape index (κ3) is 4.50. The lowest BCUT2D eigenvalue weighted by Gasteiger charge is -2.39. The smallest absolute Gasteiger partial charge is 0.223 e. The molecular weight excluding hydrogens is 453 g/mol. The molecule has 4 aromatic carbocycles. The molecule has 0 saturated carbocycles. The Kier molecular flexibility index (Phi) is 6.50. The summed E-state index contributed by atoms with van der Waals surface area (Å²) in [5.74, 6) is 0. The summed E-state index contributed by atoms with van der Waals surface area (Å²) >= 11 is -2.16. The van der Waals surface area contributed by atoms with Gasteiger partial charge in [-0.2, -0.15) is 13.2 Å². The molecule has 0 spiro atoms. The minimum atomic E-state index is -4.54. The first-order valence-corrected chi connectivity index (χ1v) is 12.3. The van der Waals surface area contributed by atoms with Gasteiger partial charge in [0.05, 0.1) is 10.5 Å². The molecule has 0 radical (unpaired) electrons. The van der Waals surface area contributed by atoms with E-state index in [4.69, 9.17) is 3.63 Å². The summed E-state index contributed by atoms with van der Waals surface area (Å²) in [4.78, 5) is 2.33. The van der Waals surface area contributed by atoms with Crippen molar-refractivity contribution in [2.24, 2.45) is 0 Å². The van der Waals surface area contributed by atoms with Gasteiger partial charge >= 0.3 is 6.18 Å². The van der Waals surface area contributed by atoms with Crippen molar-refractivity contribution in [3.05, 3.63) is 121 Å². The van der Waals surface area contributed by atoms with Crippen LogP contribution in [0.2, 0.25) is 0 Å². The van der Waals surface area contributed by atoms with Crippen LogP contribution in [0.1, 0.15) is 5.56 Å². The largest absolute Gasteiger partial charge is 0.416 e. The normalized spacial score (nSPS) is 13.5. The van der Waals surface area contributed by atoms with E-state index in [1.165, 1.54) is 12.1 Å². The predicted octanol–water partition coefficient (Wildman–Crippen LogP) is 7.64.